The van der Waals surface area contributed by atoms with Gasteiger partial charge in [-0.3, -0.25) is 0 Å². The molecule has 7 nitrogen and oxygen atoms in total. The molecule has 1 aliphatic heterocycles. The van der Waals surface area contributed by atoms with Crippen LogP contribution in [0, 0.1) is 11.5 Å². The van der Waals surface area contributed by atoms with Crippen molar-refractivity contribution in [1.82, 2.24) is 4.98 Å². The minimum absolute atomic E-state index is 0.124. The van der Waals surface area contributed by atoms with Crippen molar-refractivity contribution in [2.75, 3.05) is 21.3 Å². The number of hydrogen-bond donors (Lipinski definition) is 0. The number of nitrogens with zero attached hydrogens (tertiary/aromatic N) is 1. The molecule has 0 unspecified atom stereocenters. The summed E-state index contributed by atoms with van der Waals surface area (Å²) >= 11 is -2.49. The van der Waals surface area contributed by atoms with Gasteiger partial charge in [0.1, 0.15) is 8.07 Å². The molecule has 0 saturated carbocycles. The minimum atomic E-state index is -3.02. The van der Waals surface area contributed by atoms with Crippen molar-refractivity contribution in [2.24, 2.45) is 0 Å². The van der Waals surface area contributed by atoms with E-state index in [1.54, 1.807) is 21.3 Å². The van der Waals surface area contributed by atoms with Crippen LogP contribution in [0.1, 0.15) is 52.8 Å². The molecule has 294 valence electrons. The number of aromatic nitrogens is 1. The summed E-state index contributed by atoms with van der Waals surface area (Å²) in [7, 11) is 0.712. The summed E-state index contributed by atoms with van der Waals surface area (Å²) < 4.78 is 40.8. The number of ether oxygens (including phenoxy) is 4. The predicted octanol–water partition coefficient (Wildman–Crippen LogP) is 8.03. The molecule has 10 heteroatoms. The molecular formula is C44H65NO6Si2Sn. The molecule has 5 atom stereocenters. The van der Waals surface area contributed by atoms with Gasteiger partial charge in [-0.1, -0.05) is 56.0 Å². The monoisotopic (exact) mass is 879 g/mol. The first-order chi connectivity index (χ1) is 25.3. The average molecular weight is 879 g/mol. The first-order valence-corrected chi connectivity index (χ1v) is 34.6. The Kier molecular flexibility index (Phi) is 15.5. The Hall–Kier alpha value is -2.28. The van der Waals surface area contributed by atoms with Gasteiger partial charge in [-0.2, -0.15) is 0 Å². The van der Waals surface area contributed by atoms with Gasteiger partial charge in [-0.25, -0.2) is 0 Å². The summed E-state index contributed by atoms with van der Waals surface area (Å²) in [6.07, 6.45) is 9.38. The first kappa shape index (κ1) is 44.4. The van der Waals surface area contributed by atoms with E-state index >= 15 is 0 Å². The zero-order chi connectivity index (χ0) is 39.8. The summed E-state index contributed by atoms with van der Waals surface area (Å²) in [5.41, 5.74) is 4.51. The van der Waals surface area contributed by atoms with Gasteiger partial charge in [0.15, 0.2) is 0 Å². The second-order valence-electron chi connectivity index (χ2n) is 17.7. The summed E-state index contributed by atoms with van der Waals surface area (Å²) in [6, 6.07) is 21.5. The molecular weight excluding hydrogens is 813 g/mol. The molecule has 1 aromatic heterocycles. The molecule has 0 bridgehead atoms. The van der Waals surface area contributed by atoms with E-state index in [2.05, 4.69) is 153 Å². The Morgan fingerprint density at radius 2 is 1.61 bits per heavy atom. The number of hydrogen-bond acceptors (Lipinski definition) is 7. The number of methoxy groups -OCH3 is 3. The van der Waals surface area contributed by atoms with Crippen LogP contribution in [0.5, 0.6) is 0 Å². The molecule has 1 fully saturated rings. The second-order valence-corrected chi connectivity index (χ2v) is 40.9. The zero-order valence-corrected chi connectivity index (χ0v) is 40.0. The van der Waals surface area contributed by atoms with Gasteiger partial charge in [0.2, 0.25) is 0 Å². The predicted molar refractivity (Wildman–Crippen MR) is 230 cm³/mol. The number of rotatable bonds is 15. The molecule has 54 heavy (non-hydrogen) atoms. The molecule has 3 aromatic rings. The molecule has 2 aromatic carbocycles. The van der Waals surface area contributed by atoms with E-state index in [-0.39, 0.29) is 17.2 Å². The fourth-order valence-electron chi connectivity index (χ4n) is 7.06. The first-order valence-electron chi connectivity index (χ1n) is 19.2. The molecule has 0 radical (unpaired) electrons. The zero-order valence-electron chi connectivity index (χ0n) is 35.1. The summed E-state index contributed by atoms with van der Waals surface area (Å²) in [5, 5.41) is 2.16. The van der Waals surface area contributed by atoms with Crippen LogP contribution in [-0.4, -0.2) is 91.3 Å². The molecule has 1 aliphatic rings. The molecule has 0 spiro atoms. The third-order valence-electron chi connectivity index (χ3n) is 9.99. The Morgan fingerprint density at radius 3 is 2.09 bits per heavy atom. The van der Waals surface area contributed by atoms with Crippen molar-refractivity contribution in [2.45, 2.75) is 123 Å². The third kappa shape index (κ3) is 11.6. The van der Waals surface area contributed by atoms with Crippen molar-refractivity contribution in [3.05, 3.63) is 96.6 Å². The van der Waals surface area contributed by atoms with E-state index in [0.717, 1.165) is 9.35 Å². The quantitative estimate of drug-likeness (QED) is 0.0871. The van der Waals surface area contributed by atoms with Gasteiger partial charge in [0.05, 0.1) is 6.10 Å². The topological polar surface area (TPSA) is 72.2 Å². The van der Waals surface area contributed by atoms with Gasteiger partial charge in [-0.05, 0) is 0 Å². The van der Waals surface area contributed by atoms with Crippen molar-refractivity contribution < 1.29 is 27.8 Å². The van der Waals surface area contributed by atoms with Crippen LogP contribution in [0.3, 0.4) is 0 Å². The SMILES string of the molecule is CO[C@@H]1C[C@H]([C@@H](/C=C(C)/C=C/[C@H](CC#C[Si](C)(C)C)OC)O[Si](c2ccccc2)(c2ccccc2)C(C)(C)C)O[C@@](Cc2nc[c]([Sn]([CH3])([CH3])[CH3])o2)(OC)C1. The Morgan fingerprint density at radius 1 is 1.00 bits per heavy atom. The average Bonchev–Trinajstić information content (AvgIpc) is 3.60. The number of allylic oxidation sites excluding steroid dienone is 2. The molecule has 1 saturated heterocycles. The third-order valence-corrected chi connectivity index (χ3v) is 20.8. The van der Waals surface area contributed by atoms with Crippen LogP contribution in [0.25, 0.3) is 0 Å². The molecule has 0 N–H and O–H groups in total. The second kappa shape index (κ2) is 18.8. The van der Waals surface area contributed by atoms with E-state index in [4.69, 9.17) is 32.8 Å². The Balaban J connectivity index is 1.85. The van der Waals surface area contributed by atoms with Crippen molar-refractivity contribution in [3.63, 3.8) is 0 Å². The normalized spacial score (nSPS) is 21.5. The summed E-state index contributed by atoms with van der Waals surface area (Å²) in [6.45, 7) is 15.8. The molecule has 0 aliphatic carbocycles. The summed E-state index contributed by atoms with van der Waals surface area (Å²) in [4.78, 5) is 11.7. The standard InChI is InChI=1S/C41H56NO6Si2.3CH3.Sn/c1-32(23-24-33(43-5)18-17-27-49(8,9)10)28-38(37-29-34(44-6)30-41(45-7,47-37)31-39-42-25-26-46-39)48-50(40(2,3)4,35-19-13-11-14-20-35)36-21-15-12-16-22-36;;;;/h11-16,19-25,28,33-34,37-38H,18,29-31H2,1-10H3;3*1H3;/b24-23+,32-28+;;;;/t33-,34+,37+,38+,41-;;;;/m0..../s1. The van der Waals surface area contributed by atoms with E-state index in [9.17, 15) is 0 Å². The van der Waals surface area contributed by atoms with E-state index in [1.807, 2.05) is 6.20 Å². The van der Waals surface area contributed by atoms with Crippen molar-refractivity contribution in [3.8, 4) is 11.5 Å². The van der Waals surface area contributed by atoms with E-state index in [0.29, 0.717) is 31.6 Å². The van der Waals surface area contributed by atoms with E-state index in [1.165, 1.54) is 10.4 Å². The van der Waals surface area contributed by atoms with Crippen molar-refractivity contribution in [1.29, 1.82) is 0 Å². The Labute approximate surface area is 332 Å². The number of benzene rings is 2. The van der Waals surface area contributed by atoms with Gasteiger partial charge >= 0.3 is 234 Å². The van der Waals surface area contributed by atoms with Gasteiger partial charge in [0.25, 0.3) is 0 Å². The summed E-state index contributed by atoms with van der Waals surface area (Å²) in [5.74, 6) is 2.97. The fourth-order valence-corrected chi connectivity index (χ4v) is 14.8. The van der Waals surface area contributed by atoms with Gasteiger partial charge in [-0.15, -0.1) is 11.5 Å². The van der Waals surface area contributed by atoms with Gasteiger partial charge in [0, 0.05) is 13.5 Å². The van der Waals surface area contributed by atoms with Crippen LogP contribution in [-0.2, 0) is 29.8 Å². The maximum atomic E-state index is 7.86. The van der Waals surface area contributed by atoms with Gasteiger partial charge < -0.3 is 4.74 Å². The van der Waals surface area contributed by atoms with Crippen LogP contribution in [0.2, 0.25) is 39.5 Å². The maximum absolute atomic E-state index is 7.86. The molecule has 4 rings (SSSR count). The fraction of sp³-hybridized carbons (Fsp3) is 0.523. The van der Waals surface area contributed by atoms with Crippen LogP contribution in [0.4, 0.5) is 0 Å². The van der Waals surface area contributed by atoms with Crippen LogP contribution < -0.4 is 14.1 Å². The number of oxazole rings is 1. The van der Waals surface area contributed by atoms with E-state index < -0.39 is 52.8 Å². The van der Waals surface area contributed by atoms with Crippen LogP contribution in [0.15, 0.2) is 95.1 Å². The molecule has 0 amide bonds. The van der Waals surface area contributed by atoms with Crippen molar-refractivity contribution >= 4 is 48.9 Å². The molecule has 2 heterocycles. The Bertz CT molecular complexity index is 1710. The van der Waals surface area contributed by atoms with Crippen LogP contribution >= 0.6 is 0 Å².